The number of nitrogens with zero attached hydrogens (tertiary/aromatic N) is 3. The number of aromatic hydroxyl groups is 1. The molecule has 0 spiro atoms. The average molecular weight is 322 g/mol. The lowest BCUT2D eigenvalue weighted by Crippen LogP contribution is -1.85. The number of nitro groups is 1. The predicted molar refractivity (Wildman–Crippen MR) is 73.1 cm³/mol. The predicted octanol–water partition coefficient (Wildman–Crippen LogP) is 4.48. The van der Waals surface area contributed by atoms with Crippen molar-refractivity contribution in [3.63, 3.8) is 0 Å². The molecule has 96 valence electrons. The van der Waals surface area contributed by atoms with Gasteiger partial charge in [0, 0.05) is 12.1 Å². The molecule has 0 atom stereocenters. The summed E-state index contributed by atoms with van der Waals surface area (Å²) in [5.41, 5.74) is 1.07. The topological polar surface area (TPSA) is 88.1 Å². The van der Waals surface area contributed by atoms with Crippen molar-refractivity contribution in [1.29, 1.82) is 0 Å². The van der Waals surface area contributed by atoms with E-state index in [0.717, 1.165) is 0 Å². The van der Waals surface area contributed by atoms with Gasteiger partial charge in [-0.05, 0) is 46.3 Å². The highest BCUT2D eigenvalue weighted by molar-refractivity contribution is 9.10. The van der Waals surface area contributed by atoms with E-state index in [1.165, 1.54) is 30.3 Å². The summed E-state index contributed by atoms with van der Waals surface area (Å²) < 4.78 is 0.521. The van der Waals surface area contributed by atoms with Gasteiger partial charge in [0.05, 0.1) is 20.8 Å². The molecule has 0 aliphatic carbocycles. The van der Waals surface area contributed by atoms with Crippen LogP contribution in [-0.4, -0.2) is 10.0 Å². The van der Waals surface area contributed by atoms with E-state index in [9.17, 15) is 15.2 Å². The van der Waals surface area contributed by atoms with Crippen molar-refractivity contribution in [2.24, 2.45) is 10.2 Å². The van der Waals surface area contributed by atoms with Gasteiger partial charge in [0.2, 0.25) is 0 Å². The maximum absolute atomic E-state index is 10.5. The number of hydrogen-bond donors (Lipinski definition) is 1. The second-order valence-corrected chi connectivity index (χ2v) is 4.46. The molecule has 0 aliphatic rings. The molecule has 19 heavy (non-hydrogen) atoms. The molecule has 0 fully saturated rings. The van der Waals surface area contributed by atoms with Crippen LogP contribution in [-0.2, 0) is 0 Å². The molecule has 6 nitrogen and oxygen atoms in total. The number of non-ortho nitro benzene ring substituents is 1. The minimum atomic E-state index is -0.474. The molecule has 0 radical (unpaired) electrons. The molecule has 0 aliphatic heterocycles. The van der Waals surface area contributed by atoms with Gasteiger partial charge in [0.15, 0.2) is 0 Å². The highest BCUT2D eigenvalue weighted by atomic mass is 79.9. The number of halogens is 1. The summed E-state index contributed by atoms with van der Waals surface area (Å²) in [4.78, 5) is 10.0. The molecule has 0 heterocycles. The number of phenolic OH excluding ortho intramolecular Hbond substituents is 1. The quantitative estimate of drug-likeness (QED) is 0.513. The molecule has 0 aromatic heterocycles. The first kappa shape index (κ1) is 13.2. The number of phenols is 1. The van der Waals surface area contributed by atoms with Crippen LogP contribution in [0.3, 0.4) is 0 Å². The lowest BCUT2D eigenvalue weighted by atomic mass is 10.3. The van der Waals surface area contributed by atoms with E-state index in [2.05, 4.69) is 26.2 Å². The molecule has 0 saturated heterocycles. The van der Waals surface area contributed by atoms with Gasteiger partial charge in [0.25, 0.3) is 5.69 Å². The maximum atomic E-state index is 10.5. The van der Waals surface area contributed by atoms with Crippen LogP contribution in [0, 0.1) is 10.1 Å². The van der Waals surface area contributed by atoms with Crippen LogP contribution < -0.4 is 0 Å². The van der Waals surface area contributed by atoms with Crippen molar-refractivity contribution in [2.75, 3.05) is 0 Å². The molecule has 0 saturated carbocycles. The first-order chi connectivity index (χ1) is 9.06. The Bertz CT molecular complexity index is 641. The Morgan fingerprint density at radius 2 is 1.63 bits per heavy atom. The summed E-state index contributed by atoms with van der Waals surface area (Å²) in [6, 6.07) is 10.5. The Balaban J connectivity index is 2.17. The fourth-order valence-corrected chi connectivity index (χ4v) is 1.68. The Hall–Kier alpha value is -2.28. The Morgan fingerprint density at radius 3 is 2.21 bits per heavy atom. The molecule has 2 aromatic rings. The van der Waals surface area contributed by atoms with Gasteiger partial charge in [0.1, 0.15) is 5.75 Å². The molecular weight excluding hydrogens is 314 g/mol. The molecule has 2 rings (SSSR count). The zero-order chi connectivity index (χ0) is 13.8. The first-order valence-corrected chi connectivity index (χ1v) is 6.00. The highest BCUT2D eigenvalue weighted by Crippen LogP contribution is 2.29. The number of azo groups is 1. The molecule has 1 N–H and O–H groups in total. The van der Waals surface area contributed by atoms with E-state index in [-0.39, 0.29) is 11.4 Å². The summed E-state index contributed by atoms with van der Waals surface area (Å²) in [7, 11) is 0. The normalized spacial score (nSPS) is 10.8. The van der Waals surface area contributed by atoms with E-state index in [0.29, 0.717) is 15.8 Å². The third-order valence-electron chi connectivity index (χ3n) is 2.27. The number of benzene rings is 2. The monoisotopic (exact) mass is 321 g/mol. The number of rotatable bonds is 3. The van der Waals surface area contributed by atoms with Crippen molar-refractivity contribution in [1.82, 2.24) is 0 Å². The Kier molecular flexibility index (Phi) is 3.86. The largest absolute Gasteiger partial charge is 0.507 e. The van der Waals surface area contributed by atoms with Gasteiger partial charge in [-0.25, -0.2) is 0 Å². The van der Waals surface area contributed by atoms with E-state index in [4.69, 9.17) is 0 Å². The van der Waals surface area contributed by atoms with Gasteiger partial charge >= 0.3 is 0 Å². The average Bonchev–Trinajstić information content (AvgIpc) is 2.40. The Morgan fingerprint density at radius 1 is 1.05 bits per heavy atom. The summed E-state index contributed by atoms with van der Waals surface area (Å²) in [6.45, 7) is 0. The van der Waals surface area contributed by atoms with Crippen molar-refractivity contribution >= 4 is 33.0 Å². The second kappa shape index (κ2) is 5.57. The fraction of sp³-hybridized carbons (Fsp3) is 0. The SMILES string of the molecule is O=[N+]([O-])c1ccc(N=Nc2ccc(O)c(Br)c2)cc1. The maximum Gasteiger partial charge on any atom is 0.269 e. The molecular formula is C12H8BrN3O3. The minimum absolute atomic E-state index is 0.00586. The van der Waals surface area contributed by atoms with Crippen LogP contribution in [0.25, 0.3) is 0 Å². The van der Waals surface area contributed by atoms with E-state index >= 15 is 0 Å². The van der Waals surface area contributed by atoms with Crippen molar-refractivity contribution < 1.29 is 10.0 Å². The van der Waals surface area contributed by atoms with Crippen LogP contribution in [0.1, 0.15) is 0 Å². The van der Waals surface area contributed by atoms with Crippen LogP contribution >= 0.6 is 15.9 Å². The number of hydrogen-bond acceptors (Lipinski definition) is 5. The second-order valence-electron chi connectivity index (χ2n) is 3.61. The molecule has 0 bridgehead atoms. The third-order valence-corrected chi connectivity index (χ3v) is 2.91. The van der Waals surface area contributed by atoms with Gasteiger partial charge in [-0.1, -0.05) is 0 Å². The summed E-state index contributed by atoms with van der Waals surface area (Å²) in [6.07, 6.45) is 0. The smallest absolute Gasteiger partial charge is 0.269 e. The lowest BCUT2D eigenvalue weighted by Gasteiger charge is -1.97. The van der Waals surface area contributed by atoms with Gasteiger partial charge < -0.3 is 5.11 Å². The standard InChI is InChI=1S/C12H8BrN3O3/c13-11-7-9(3-6-12(11)17)15-14-8-1-4-10(5-2-8)16(18)19/h1-7,17H. The van der Waals surface area contributed by atoms with Crippen molar-refractivity contribution in [2.45, 2.75) is 0 Å². The highest BCUT2D eigenvalue weighted by Gasteiger charge is 2.03. The number of nitro benzene ring substituents is 1. The van der Waals surface area contributed by atoms with E-state index < -0.39 is 4.92 Å². The third kappa shape index (κ3) is 3.35. The summed E-state index contributed by atoms with van der Waals surface area (Å²) >= 11 is 3.17. The Labute approximate surface area is 116 Å². The van der Waals surface area contributed by atoms with Crippen molar-refractivity contribution in [3.05, 3.63) is 57.1 Å². The minimum Gasteiger partial charge on any atom is -0.507 e. The molecule has 0 unspecified atom stereocenters. The van der Waals surface area contributed by atoms with Gasteiger partial charge in [-0.3, -0.25) is 10.1 Å². The molecule has 7 heteroatoms. The molecule has 0 amide bonds. The van der Waals surface area contributed by atoms with Gasteiger partial charge in [-0.15, -0.1) is 0 Å². The van der Waals surface area contributed by atoms with Crippen LogP contribution in [0.4, 0.5) is 17.1 Å². The van der Waals surface area contributed by atoms with Gasteiger partial charge in [-0.2, -0.15) is 10.2 Å². The van der Waals surface area contributed by atoms with Crippen LogP contribution in [0.2, 0.25) is 0 Å². The molecule has 2 aromatic carbocycles. The zero-order valence-electron chi connectivity index (χ0n) is 9.52. The zero-order valence-corrected chi connectivity index (χ0v) is 11.1. The van der Waals surface area contributed by atoms with E-state index in [1.807, 2.05) is 0 Å². The van der Waals surface area contributed by atoms with Crippen LogP contribution in [0.15, 0.2) is 57.2 Å². The summed E-state index contributed by atoms with van der Waals surface area (Å²) in [5, 5.41) is 27.7. The summed E-state index contributed by atoms with van der Waals surface area (Å²) in [5.74, 6) is 0.120. The van der Waals surface area contributed by atoms with Crippen molar-refractivity contribution in [3.8, 4) is 5.75 Å². The van der Waals surface area contributed by atoms with Crippen LogP contribution in [0.5, 0.6) is 5.75 Å². The fourth-order valence-electron chi connectivity index (χ4n) is 1.31. The lowest BCUT2D eigenvalue weighted by molar-refractivity contribution is -0.384. The first-order valence-electron chi connectivity index (χ1n) is 5.21. The van der Waals surface area contributed by atoms with E-state index in [1.54, 1.807) is 12.1 Å².